The molecule has 0 aliphatic rings. The lowest BCUT2D eigenvalue weighted by Gasteiger charge is -2.15. The van der Waals surface area contributed by atoms with Crippen LogP contribution in [0.1, 0.15) is 0 Å². The number of thioether (sulfide) groups is 1. The van der Waals surface area contributed by atoms with Crippen LogP contribution in [-0.4, -0.2) is 68.1 Å². The number of anilines is 2. The predicted molar refractivity (Wildman–Crippen MR) is 112 cm³/mol. The highest BCUT2D eigenvalue weighted by atomic mass is 35.5. The minimum absolute atomic E-state index is 0.196. The molecule has 152 valence electrons. The largest absolute Gasteiger partial charge is 0.480 e. The molecule has 8 nitrogen and oxygen atoms in total. The Hall–Kier alpha value is -1.97. The molecule has 11 heteroatoms. The van der Waals surface area contributed by atoms with Crippen LogP contribution in [0.5, 0.6) is 5.75 Å². The van der Waals surface area contributed by atoms with E-state index in [1.165, 1.54) is 11.8 Å². The molecule has 2 aromatic rings. The Morgan fingerprint density at radius 1 is 1.07 bits per heavy atom. The molecule has 1 aromatic carbocycles. The zero-order valence-corrected chi connectivity index (χ0v) is 18.3. The molecular formula is C17H21Cl2N5O3S. The van der Waals surface area contributed by atoms with E-state index in [0.717, 1.165) is 0 Å². The zero-order valence-electron chi connectivity index (χ0n) is 16.0. The minimum atomic E-state index is -0.495. The summed E-state index contributed by atoms with van der Waals surface area (Å²) >= 11 is 13.2. The first kappa shape index (κ1) is 22.3. The third-order valence-corrected chi connectivity index (χ3v) is 4.55. The van der Waals surface area contributed by atoms with E-state index in [4.69, 9.17) is 32.7 Å². The van der Waals surface area contributed by atoms with Crippen molar-refractivity contribution in [1.82, 2.24) is 15.0 Å². The Bertz CT molecular complexity index is 797. The van der Waals surface area contributed by atoms with Crippen molar-refractivity contribution >= 4 is 52.8 Å². The van der Waals surface area contributed by atoms with E-state index < -0.39 is 5.97 Å². The van der Waals surface area contributed by atoms with Gasteiger partial charge in [0, 0.05) is 39.0 Å². The number of nitrogens with zero attached hydrogens (tertiary/aromatic N) is 5. The Labute approximate surface area is 178 Å². The van der Waals surface area contributed by atoms with Gasteiger partial charge in [-0.3, -0.25) is 0 Å². The fraction of sp³-hybridized carbons (Fsp3) is 0.412. The maximum Gasteiger partial charge on any atom is 0.344 e. The second-order valence-electron chi connectivity index (χ2n) is 5.94. The Kier molecular flexibility index (Phi) is 8.40. The van der Waals surface area contributed by atoms with E-state index in [9.17, 15) is 4.79 Å². The number of ether oxygens (including phenoxy) is 2. The molecule has 0 spiro atoms. The van der Waals surface area contributed by atoms with Crippen molar-refractivity contribution in [2.45, 2.75) is 5.16 Å². The Balaban J connectivity index is 1.79. The van der Waals surface area contributed by atoms with Gasteiger partial charge in [-0.15, -0.1) is 0 Å². The number of hydrogen-bond acceptors (Lipinski definition) is 9. The summed E-state index contributed by atoms with van der Waals surface area (Å²) < 4.78 is 10.5. The first-order chi connectivity index (χ1) is 13.3. The van der Waals surface area contributed by atoms with Crippen LogP contribution in [0.4, 0.5) is 11.9 Å². The number of halogens is 2. The molecule has 0 bridgehead atoms. The fourth-order valence-electron chi connectivity index (χ4n) is 1.86. The van der Waals surface area contributed by atoms with Crippen molar-refractivity contribution in [2.75, 3.05) is 57.0 Å². The molecule has 0 radical (unpaired) electrons. The molecule has 2 rings (SSSR count). The highest BCUT2D eigenvalue weighted by Crippen LogP contribution is 2.27. The van der Waals surface area contributed by atoms with Crippen molar-refractivity contribution in [3.63, 3.8) is 0 Å². The monoisotopic (exact) mass is 445 g/mol. The Morgan fingerprint density at radius 3 is 2.29 bits per heavy atom. The minimum Gasteiger partial charge on any atom is -0.480 e. The molecule has 1 heterocycles. The van der Waals surface area contributed by atoms with Crippen molar-refractivity contribution in [3.8, 4) is 5.75 Å². The number of hydrogen-bond donors (Lipinski definition) is 0. The number of aromatic nitrogens is 3. The second-order valence-corrected chi connectivity index (χ2v) is 7.84. The third-order valence-electron chi connectivity index (χ3n) is 3.21. The maximum absolute atomic E-state index is 11.8. The van der Waals surface area contributed by atoms with Gasteiger partial charge in [-0.25, -0.2) is 4.79 Å². The summed E-state index contributed by atoms with van der Waals surface area (Å²) in [4.78, 5) is 28.5. The van der Waals surface area contributed by atoms with E-state index >= 15 is 0 Å². The first-order valence-electron chi connectivity index (χ1n) is 8.23. The lowest BCUT2D eigenvalue weighted by Crippen LogP contribution is -2.19. The highest BCUT2D eigenvalue weighted by Gasteiger charge is 2.11. The van der Waals surface area contributed by atoms with Gasteiger partial charge in [0.2, 0.25) is 11.9 Å². The molecular weight excluding hydrogens is 425 g/mol. The number of carbonyl (C=O) groups excluding carboxylic acids is 1. The first-order valence-corrected chi connectivity index (χ1v) is 9.97. The lowest BCUT2D eigenvalue weighted by molar-refractivity contribution is -0.145. The fourth-order valence-corrected chi connectivity index (χ4v) is 2.96. The summed E-state index contributed by atoms with van der Waals surface area (Å²) in [5.74, 6) is 1.50. The van der Waals surface area contributed by atoms with Gasteiger partial charge < -0.3 is 19.3 Å². The number of esters is 1. The van der Waals surface area contributed by atoms with Crippen LogP contribution in [-0.2, 0) is 9.53 Å². The smallest absolute Gasteiger partial charge is 0.344 e. The average molecular weight is 446 g/mol. The van der Waals surface area contributed by atoms with Crippen LogP contribution in [0.2, 0.25) is 10.0 Å². The summed E-state index contributed by atoms with van der Waals surface area (Å²) in [6.45, 7) is -0.0468. The van der Waals surface area contributed by atoms with E-state index in [1.54, 1.807) is 28.0 Å². The zero-order chi connectivity index (χ0) is 20.7. The standard InChI is InChI=1S/C17H21Cl2N5O3S/c1-23(2)15-20-16(24(3)4)22-17(21-15)28-8-7-26-14(25)10-27-13-6-5-11(18)9-12(13)19/h5-6,9H,7-8,10H2,1-4H3. The van der Waals surface area contributed by atoms with Gasteiger partial charge in [0.15, 0.2) is 11.8 Å². The van der Waals surface area contributed by atoms with Gasteiger partial charge in [0.25, 0.3) is 0 Å². The van der Waals surface area contributed by atoms with Gasteiger partial charge in [0.05, 0.1) is 5.02 Å². The van der Waals surface area contributed by atoms with Gasteiger partial charge in [-0.05, 0) is 18.2 Å². The second kappa shape index (κ2) is 10.5. The highest BCUT2D eigenvalue weighted by molar-refractivity contribution is 7.99. The molecule has 1 aromatic heterocycles. The Morgan fingerprint density at radius 2 is 1.71 bits per heavy atom. The van der Waals surface area contributed by atoms with E-state index in [1.807, 2.05) is 28.2 Å². The molecule has 0 atom stereocenters. The summed E-state index contributed by atoms with van der Waals surface area (Å²) in [6.07, 6.45) is 0. The van der Waals surface area contributed by atoms with E-state index in [2.05, 4.69) is 15.0 Å². The van der Waals surface area contributed by atoms with Crippen LogP contribution in [0.3, 0.4) is 0 Å². The maximum atomic E-state index is 11.8. The van der Waals surface area contributed by atoms with Crippen molar-refractivity contribution < 1.29 is 14.3 Å². The predicted octanol–water partition coefficient (Wildman–Crippen LogP) is 3.02. The van der Waals surface area contributed by atoms with Crippen LogP contribution in [0, 0.1) is 0 Å². The molecule has 0 fully saturated rings. The molecule has 0 saturated heterocycles. The van der Waals surface area contributed by atoms with Crippen LogP contribution < -0.4 is 14.5 Å². The molecule has 0 amide bonds. The number of benzene rings is 1. The van der Waals surface area contributed by atoms with Crippen LogP contribution >= 0.6 is 35.0 Å². The lowest BCUT2D eigenvalue weighted by atomic mass is 10.3. The average Bonchev–Trinajstić information content (AvgIpc) is 2.64. The normalized spacial score (nSPS) is 10.5. The molecule has 0 saturated carbocycles. The summed E-state index contributed by atoms with van der Waals surface area (Å²) in [5.41, 5.74) is 0. The molecule has 0 N–H and O–H groups in total. The number of rotatable bonds is 9. The SMILES string of the molecule is CN(C)c1nc(SCCOC(=O)COc2ccc(Cl)cc2Cl)nc(N(C)C)n1. The van der Waals surface area contributed by atoms with Crippen LogP contribution in [0.25, 0.3) is 0 Å². The number of carbonyl (C=O) groups is 1. The van der Waals surface area contributed by atoms with Gasteiger partial charge in [-0.1, -0.05) is 35.0 Å². The summed E-state index contributed by atoms with van der Waals surface area (Å²) in [6, 6.07) is 4.77. The van der Waals surface area contributed by atoms with E-state index in [-0.39, 0.29) is 13.2 Å². The van der Waals surface area contributed by atoms with Crippen molar-refractivity contribution in [3.05, 3.63) is 28.2 Å². The summed E-state index contributed by atoms with van der Waals surface area (Å²) in [5, 5.41) is 1.38. The molecule has 0 aliphatic heterocycles. The van der Waals surface area contributed by atoms with Gasteiger partial charge in [0.1, 0.15) is 12.4 Å². The molecule has 28 heavy (non-hydrogen) atoms. The van der Waals surface area contributed by atoms with Crippen LogP contribution in [0.15, 0.2) is 23.4 Å². The van der Waals surface area contributed by atoms with Gasteiger partial charge in [-0.2, -0.15) is 15.0 Å². The quantitative estimate of drug-likeness (QED) is 0.328. The van der Waals surface area contributed by atoms with Gasteiger partial charge >= 0.3 is 5.97 Å². The van der Waals surface area contributed by atoms with Crippen molar-refractivity contribution in [1.29, 1.82) is 0 Å². The third kappa shape index (κ3) is 6.88. The topological polar surface area (TPSA) is 80.7 Å². The molecule has 0 aliphatic carbocycles. The van der Waals surface area contributed by atoms with Crippen molar-refractivity contribution in [2.24, 2.45) is 0 Å². The van der Waals surface area contributed by atoms with E-state index in [0.29, 0.717) is 38.6 Å². The molecule has 0 unspecified atom stereocenters. The summed E-state index contributed by atoms with van der Waals surface area (Å²) in [7, 11) is 7.44.